The number of hydrogen-bond acceptors (Lipinski definition) is 4. The zero-order chi connectivity index (χ0) is 17.9. The molecule has 0 spiro atoms. The highest BCUT2D eigenvalue weighted by atomic mass is 35.5. The largest absolute Gasteiger partial charge is 0.340 e. The number of rotatable bonds is 4. The molecular weight excluding hydrogens is 367 g/mol. The maximum Gasteiger partial charge on any atom is 0.229 e. The minimum absolute atomic E-state index is 0.436. The minimum atomic E-state index is 0.436. The van der Waals surface area contributed by atoms with Gasteiger partial charge in [0.15, 0.2) is 0 Å². The third-order valence-electron chi connectivity index (χ3n) is 3.81. The number of anilines is 4. The van der Waals surface area contributed by atoms with Crippen LogP contribution in [0, 0.1) is 0 Å². The fourth-order valence-corrected chi connectivity index (χ4v) is 2.94. The van der Waals surface area contributed by atoms with Gasteiger partial charge >= 0.3 is 0 Å². The summed E-state index contributed by atoms with van der Waals surface area (Å²) in [5, 5.41) is 8.56. The summed E-state index contributed by atoms with van der Waals surface area (Å²) in [5.74, 6) is 1.15. The third-order valence-corrected chi connectivity index (χ3v) is 4.38. The van der Waals surface area contributed by atoms with E-state index in [0.29, 0.717) is 27.5 Å². The maximum atomic E-state index is 6.24. The van der Waals surface area contributed by atoms with E-state index in [4.69, 9.17) is 23.2 Å². The van der Waals surface area contributed by atoms with Crippen molar-refractivity contribution in [1.29, 1.82) is 0 Å². The van der Waals surface area contributed by atoms with Crippen LogP contribution in [0.25, 0.3) is 10.9 Å². The molecule has 4 rings (SSSR count). The molecule has 0 radical (unpaired) electrons. The van der Waals surface area contributed by atoms with Gasteiger partial charge in [-0.25, -0.2) is 4.98 Å². The number of aromatic nitrogens is 2. The average Bonchev–Trinajstić information content (AvgIpc) is 2.66. The van der Waals surface area contributed by atoms with E-state index in [2.05, 4.69) is 20.6 Å². The molecule has 0 aliphatic heterocycles. The third kappa shape index (κ3) is 3.57. The van der Waals surface area contributed by atoms with Crippen molar-refractivity contribution in [3.8, 4) is 0 Å². The molecular formula is C20H14Cl2N4. The highest BCUT2D eigenvalue weighted by Crippen LogP contribution is 2.30. The van der Waals surface area contributed by atoms with Crippen LogP contribution in [-0.2, 0) is 0 Å². The molecule has 0 aliphatic carbocycles. The Kier molecular flexibility index (Phi) is 4.61. The molecule has 0 fully saturated rings. The predicted octanol–water partition coefficient (Wildman–Crippen LogP) is 6.42. The van der Waals surface area contributed by atoms with Gasteiger partial charge in [0.25, 0.3) is 0 Å². The van der Waals surface area contributed by atoms with E-state index >= 15 is 0 Å². The van der Waals surface area contributed by atoms with Gasteiger partial charge in [0.05, 0.1) is 16.2 Å². The van der Waals surface area contributed by atoms with E-state index in [-0.39, 0.29) is 0 Å². The van der Waals surface area contributed by atoms with Crippen molar-refractivity contribution >= 4 is 57.2 Å². The monoisotopic (exact) mass is 380 g/mol. The van der Waals surface area contributed by atoms with Gasteiger partial charge in [0.1, 0.15) is 5.82 Å². The second kappa shape index (κ2) is 7.20. The highest BCUT2D eigenvalue weighted by Gasteiger charge is 2.10. The molecule has 3 aromatic carbocycles. The van der Waals surface area contributed by atoms with E-state index in [0.717, 1.165) is 16.6 Å². The molecule has 4 aromatic rings. The topological polar surface area (TPSA) is 49.8 Å². The first-order valence-corrected chi connectivity index (χ1v) is 8.75. The van der Waals surface area contributed by atoms with Crippen LogP contribution < -0.4 is 10.6 Å². The van der Waals surface area contributed by atoms with Gasteiger partial charge < -0.3 is 10.6 Å². The Labute approximate surface area is 160 Å². The number of halogens is 2. The van der Waals surface area contributed by atoms with Crippen molar-refractivity contribution < 1.29 is 0 Å². The smallest absolute Gasteiger partial charge is 0.229 e. The van der Waals surface area contributed by atoms with Crippen LogP contribution in [0.15, 0.2) is 72.8 Å². The summed E-state index contributed by atoms with van der Waals surface area (Å²) < 4.78 is 0. The van der Waals surface area contributed by atoms with Crippen LogP contribution in [0.3, 0.4) is 0 Å². The van der Waals surface area contributed by atoms with E-state index in [1.165, 1.54) is 0 Å². The SMILES string of the molecule is Clc1ccc(Cl)c(Nc2nc(Nc3ccccc3)c3ccccc3n2)c1. The molecule has 2 N–H and O–H groups in total. The standard InChI is InChI=1S/C20H14Cl2N4/c21-13-10-11-16(22)18(12-13)25-20-24-17-9-5-4-8-15(17)19(26-20)23-14-6-2-1-3-7-14/h1-12H,(H2,23,24,25,26). The fraction of sp³-hybridized carbons (Fsp3) is 0. The molecule has 0 unspecified atom stereocenters. The molecule has 26 heavy (non-hydrogen) atoms. The fourth-order valence-electron chi connectivity index (χ4n) is 2.60. The molecule has 0 saturated carbocycles. The predicted molar refractivity (Wildman–Crippen MR) is 109 cm³/mol. The van der Waals surface area contributed by atoms with Gasteiger partial charge in [0, 0.05) is 16.1 Å². The van der Waals surface area contributed by atoms with Crippen molar-refractivity contribution in [1.82, 2.24) is 9.97 Å². The second-order valence-electron chi connectivity index (χ2n) is 5.65. The van der Waals surface area contributed by atoms with E-state index in [1.54, 1.807) is 18.2 Å². The molecule has 0 aliphatic rings. The summed E-state index contributed by atoms with van der Waals surface area (Å²) in [6.45, 7) is 0. The number of benzene rings is 3. The van der Waals surface area contributed by atoms with Gasteiger partial charge in [-0.15, -0.1) is 0 Å². The molecule has 1 heterocycles. The molecule has 4 nitrogen and oxygen atoms in total. The Bertz CT molecular complexity index is 1070. The van der Waals surface area contributed by atoms with Crippen molar-refractivity contribution in [3.63, 3.8) is 0 Å². The summed E-state index contributed by atoms with van der Waals surface area (Å²) in [5.41, 5.74) is 2.42. The second-order valence-corrected chi connectivity index (χ2v) is 6.50. The van der Waals surface area contributed by atoms with E-state index < -0.39 is 0 Å². The first kappa shape index (κ1) is 16.6. The zero-order valence-corrected chi connectivity index (χ0v) is 15.1. The van der Waals surface area contributed by atoms with Gasteiger partial charge in [-0.3, -0.25) is 0 Å². The van der Waals surface area contributed by atoms with Crippen LogP contribution in [0.4, 0.5) is 23.1 Å². The summed E-state index contributed by atoms with van der Waals surface area (Å²) in [4.78, 5) is 9.21. The Morgan fingerprint density at radius 2 is 1.50 bits per heavy atom. The Hall–Kier alpha value is -2.82. The molecule has 6 heteroatoms. The maximum absolute atomic E-state index is 6.24. The minimum Gasteiger partial charge on any atom is -0.340 e. The summed E-state index contributed by atoms with van der Waals surface area (Å²) in [6.07, 6.45) is 0. The lowest BCUT2D eigenvalue weighted by atomic mass is 10.2. The summed E-state index contributed by atoms with van der Waals surface area (Å²) in [7, 11) is 0. The normalized spacial score (nSPS) is 10.7. The van der Waals surface area contributed by atoms with Crippen LogP contribution in [0.5, 0.6) is 0 Å². The number of para-hydroxylation sites is 2. The molecule has 0 saturated heterocycles. The first-order valence-electron chi connectivity index (χ1n) is 8.00. The highest BCUT2D eigenvalue weighted by molar-refractivity contribution is 6.35. The van der Waals surface area contributed by atoms with Crippen molar-refractivity contribution in [2.45, 2.75) is 0 Å². The lowest BCUT2D eigenvalue weighted by Gasteiger charge is -2.12. The van der Waals surface area contributed by atoms with E-state index in [1.807, 2.05) is 54.6 Å². The van der Waals surface area contributed by atoms with Crippen LogP contribution in [0.1, 0.15) is 0 Å². The van der Waals surface area contributed by atoms with Crippen molar-refractivity contribution in [2.75, 3.05) is 10.6 Å². The number of nitrogens with one attached hydrogen (secondary N) is 2. The number of fused-ring (bicyclic) bond motifs is 1. The Morgan fingerprint density at radius 3 is 2.35 bits per heavy atom. The molecule has 1 aromatic heterocycles. The Morgan fingerprint density at radius 1 is 0.731 bits per heavy atom. The Balaban J connectivity index is 1.77. The van der Waals surface area contributed by atoms with Crippen molar-refractivity contribution in [2.24, 2.45) is 0 Å². The molecule has 0 bridgehead atoms. The number of hydrogen-bond donors (Lipinski definition) is 2. The average molecular weight is 381 g/mol. The summed E-state index contributed by atoms with van der Waals surface area (Å²) in [6, 6.07) is 22.9. The zero-order valence-electron chi connectivity index (χ0n) is 13.6. The van der Waals surface area contributed by atoms with Crippen LogP contribution >= 0.6 is 23.2 Å². The lowest BCUT2D eigenvalue weighted by molar-refractivity contribution is 1.21. The van der Waals surface area contributed by atoms with Gasteiger partial charge in [-0.1, -0.05) is 53.5 Å². The molecule has 128 valence electrons. The molecule has 0 atom stereocenters. The summed E-state index contributed by atoms with van der Waals surface area (Å²) >= 11 is 12.3. The van der Waals surface area contributed by atoms with Crippen molar-refractivity contribution in [3.05, 3.63) is 82.8 Å². The lowest BCUT2D eigenvalue weighted by Crippen LogP contribution is -2.02. The first-order chi connectivity index (χ1) is 12.7. The van der Waals surface area contributed by atoms with Gasteiger partial charge in [0.2, 0.25) is 5.95 Å². The number of nitrogens with zero attached hydrogens (tertiary/aromatic N) is 2. The van der Waals surface area contributed by atoms with Crippen LogP contribution in [-0.4, -0.2) is 9.97 Å². The van der Waals surface area contributed by atoms with E-state index in [9.17, 15) is 0 Å². The quantitative estimate of drug-likeness (QED) is 0.428. The van der Waals surface area contributed by atoms with Gasteiger partial charge in [-0.2, -0.15) is 4.98 Å². The molecule has 0 amide bonds. The van der Waals surface area contributed by atoms with Crippen LogP contribution in [0.2, 0.25) is 10.0 Å². The van der Waals surface area contributed by atoms with Gasteiger partial charge in [-0.05, 0) is 42.5 Å².